The van der Waals surface area contributed by atoms with Crippen LogP contribution >= 0.6 is 11.6 Å². The Morgan fingerprint density at radius 2 is 2.00 bits per heavy atom. The molecule has 0 saturated carbocycles. The van der Waals surface area contributed by atoms with E-state index in [1.165, 1.54) is 7.11 Å². The normalized spacial score (nSPS) is 8.73. The number of rotatable bonds is 2. The first kappa shape index (κ1) is 13.8. The van der Waals surface area contributed by atoms with Crippen LogP contribution in [0.25, 0.3) is 4.98 Å². The van der Waals surface area contributed by atoms with Gasteiger partial charge in [-0.25, -0.2) is 0 Å². The quantitative estimate of drug-likeness (QED) is 0.686. The third-order valence-electron chi connectivity index (χ3n) is 1.85. The first-order valence-corrected chi connectivity index (χ1v) is 4.38. The van der Waals surface area contributed by atoms with E-state index in [1.807, 2.05) is 19.0 Å². The number of benzene rings is 1. The molecule has 0 radical (unpaired) electrons. The van der Waals surface area contributed by atoms with Gasteiger partial charge in [0.1, 0.15) is 0 Å². The molecular weight excluding hydrogens is 237 g/mol. The van der Waals surface area contributed by atoms with E-state index in [4.69, 9.17) is 21.7 Å². The Bertz CT molecular complexity index is 388. The van der Waals surface area contributed by atoms with Crippen molar-refractivity contribution in [2.24, 2.45) is 0 Å². The Balaban J connectivity index is 0.00000196. The van der Waals surface area contributed by atoms with Crippen LogP contribution in [0.3, 0.4) is 0 Å². The van der Waals surface area contributed by atoms with Gasteiger partial charge in [0, 0.05) is 20.2 Å². The third-order valence-corrected chi connectivity index (χ3v) is 2.21. The van der Waals surface area contributed by atoms with Crippen molar-refractivity contribution in [2.45, 2.75) is 0 Å². The van der Waals surface area contributed by atoms with Crippen LogP contribution in [0.4, 0.5) is 11.4 Å². The van der Waals surface area contributed by atoms with E-state index in [-0.39, 0.29) is 12.4 Å². The van der Waals surface area contributed by atoms with Crippen molar-refractivity contribution < 1.29 is 17.1 Å². The first-order valence-electron chi connectivity index (χ1n) is 4.00. The molecule has 0 aromatic heterocycles. The second kappa shape index (κ2) is 5.64. The molecule has 82 valence electrons. The summed E-state index contributed by atoms with van der Waals surface area (Å²) in [5.74, 6) is 0.506. The summed E-state index contributed by atoms with van der Waals surface area (Å²) in [7, 11) is 5.28. The predicted octanol–water partition coefficient (Wildman–Crippen LogP) is -0.0968. The van der Waals surface area contributed by atoms with Crippen molar-refractivity contribution in [3.63, 3.8) is 0 Å². The van der Waals surface area contributed by atoms with Crippen molar-refractivity contribution >= 4 is 23.0 Å². The molecule has 0 saturated heterocycles. The lowest BCUT2D eigenvalue weighted by Gasteiger charge is -2.15. The zero-order valence-corrected chi connectivity index (χ0v) is 10.2. The van der Waals surface area contributed by atoms with Crippen LogP contribution < -0.4 is 22.0 Å². The molecule has 0 spiro atoms. The zero-order valence-electron chi connectivity index (χ0n) is 8.66. The maximum Gasteiger partial charge on any atom is 0.407 e. The molecule has 0 heterocycles. The van der Waals surface area contributed by atoms with Crippen molar-refractivity contribution in [1.29, 1.82) is 5.39 Å². The molecule has 0 bridgehead atoms. The van der Waals surface area contributed by atoms with Crippen LogP contribution in [-0.2, 0) is 0 Å². The molecular formula is C9H11Cl2N3O. The SMILES string of the molecule is COc1c(N(C)C)ccc([N+]#N)c1Cl.[Cl-]. The molecule has 0 amide bonds. The lowest BCUT2D eigenvalue weighted by molar-refractivity contribution is -0.00000337. The number of anilines is 1. The molecule has 0 aliphatic heterocycles. The van der Waals surface area contributed by atoms with Crippen LogP contribution in [0, 0.1) is 5.39 Å². The van der Waals surface area contributed by atoms with Crippen LogP contribution in [0.2, 0.25) is 5.02 Å². The highest BCUT2D eigenvalue weighted by Gasteiger charge is 2.20. The summed E-state index contributed by atoms with van der Waals surface area (Å²) in [6.45, 7) is 0. The average Bonchev–Trinajstić information content (AvgIpc) is 2.17. The predicted molar refractivity (Wildman–Crippen MR) is 57.1 cm³/mol. The summed E-state index contributed by atoms with van der Waals surface area (Å²) in [4.78, 5) is 4.92. The van der Waals surface area contributed by atoms with Gasteiger partial charge in [-0.1, -0.05) is 11.6 Å². The number of hydrogen-bond acceptors (Lipinski definition) is 3. The molecule has 0 N–H and O–H groups in total. The Morgan fingerprint density at radius 1 is 1.40 bits per heavy atom. The largest absolute Gasteiger partial charge is 1.00 e. The summed E-state index contributed by atoms with van der Waals surface area (Å²) < 4.78 is 5.14. The van der Waals surface area contributed by atoms with E-state index in [0.717, 1.165) is 5.69 Å². The van der Waals surface area contributed by atoms with E-state index in [0.29, 0.717) is 16.5 Å². The Labute approximate surface area is 99.8 Å². The molecule has 0 unspecified atom stereocenters. The summed E-state index contributed by atoms with van der Waals surface area (Å²) in [5.41, 5.74) is 1.14. The van der Waals surface area contributed by atoms with E-state index < -0.39 is 0 Å². The lowest BCUT2D eigenvalue weighted by atomic mass is 10.2. The number of halogens is 2. The van der Waals surface area contributed by atoms with Gasteiger partial charge in [-0.15, -0.1) is 0 Å². The standard InChI is InChI=1S/C9H11ClN3O.ClH/c1-13(2)7-5-4-6(12-11)8(10)9(7)14-3;/h4-5H,1-3H3;1H/q+1;/p-1. The van der Waals surface area contributed by atoms with Gasteiger partial charge in [0.15, 0.2) is 15.7 Å². The van der Waals surface area contributed by atoms with E-state index in [2.05, 4.69) is 4.98 Å². The fraction of sp³-hybridized carbons (Fsp3) is 0.333. The number of ether oxygens (including phenoxy) is 1. The van der Waals surface area contributed by atoms with E-state index in [1.54, 1.807) is 12.1 Å². The third kappa shape index (κ3) is 2.65. The van der Waals surface area contributed by atoms with Gasteiger partial charge in [0.2, 0.25) is 5.39 Å². The van der Waals surface area contributed by atoms with Crippen LogP contribution in [0.5, 0.6) is 5.75 Å². The second-order valence-electron chi connectivity index (χ2n) is 2.95. The summed E-state index contributed by atoms with van der Waals surface area (Å²) >= 11 is 5.95. The highest BCUT2D eigenvalue weighted by molar-refractivity contribution is 6.35. The minimum absolute atomic E-state index is 0. The monoisotopic (exact) mass is 247 g/mol. The van der Waals surface area contributed by atoms with Gasteiger partial charge in [-0.05, 0) is 6.07 Å². The maximum atomic E-state index is 8.64. The van der Waals surface area contributed by atoms with Crippen molar-refractivity contribution in [3.8, 4) is 5.75 Å². The van der Waals surface area contributed by atoms with Crippen molar-refractivity contribution in [3.05, 3.63) is 22.1 Å². The van der Waals surface area contributed by atoms with Crippen LogP contribution in [0.15, 0.2) is 12.1 Å². The summed E-state index contributed by atoms with van der Waals surface area (Å²) in [5, 5.41) is 8.95. The Morgan fingerprint density at radius 3 is 2.40 bits per heavy atom. The molecule has 0 fully saturated rings. The lowest BCUT2D eigenvalue weighted by Crippen LogP contribution is -3.00. The van der Waals surface area contributed by atoms with Gasteiger partial charge in [0.25, 0.3) is 0 Å². The Kier molecular flexibility index (Phi) is 5.20. The van der Waals surface area contributed by atoms with Gasteiger partial charge >= 0.3 is 5.69 Å². The fourth-order valence-corrected chi connectivity index (χ4v) is 1.43. The Hall–Kier alpha value is -1.18. The van der Waals surface area contributed by atoms with Gasteiger partial charge in [0.05, 0.1) is 12.8 Å². The van der Waals surface area contributed by atoms with Crippen molar-refractivity contribution in [2.75, 3.05) is 26.1 Å². The minimum atomic E-state index is 0. The minimum Gasteiger partial charge on any atom is -1.00 e. The summed E-state index contributed by atoms with van der Waals surface area (Å²) in [6, 6.07) is 3.40. The molecule has 0 aliphatic carbocycles. The zero-order chi connectivity index (χ0) is 10.7. The number of diazo groups is 1. The molecule has 4 nitrogen and oxygen atoms in total. The molecule has 0 aliphatic rings. The van der Waals surface area contributed by atoms with E-state index in [9.17, 15) is 0 Å². The summed E-state index contributed by atoms with van der Waals surface area (Å²) in [6.07, 6.45) is 0. The maximum absolute atomic E-state index is 8.64. The molecule has 1 rings (SSSR count). The number of methoxy groups -OCH3 is 1. The van der Waals surface area contributed by atoms with Crippen LogP contribution in [-0.4, -0.2) is 21.2 Å². The first-order chi connectivity index (χ1) is 6.61. The molecule has 1 aromatic carbocycles. The smallest absolute Gasteiger partial charge is 0.407 e. The number of nitrogens with zero attached hydrogens (tertiary/aromatic N) is 3. The van der Waals surface area contributed by atoms with Crippen molar-refractivity contribution in [1.82, 2.24) is 0 Å². The van der Waals surface area contributed by atoms with Gasteiger partial charge < -0.3 is 22.0 Å². The highest BCUT2D eigenvalue weighted by Crippen LogP contribution is 2.40. The molecule has 6 heteroatoms. The molecule has 1 aromatic rings. The molecule has 0 atom stereocenters. The fourth-order valence-electron chi connectivity index (χ4n) is 1.16. The highest BCUT2D eigenvalue weighted by atomic mass is 35.5. The van der Waals surface area contributed by atoms with Gasteiger partial charge in [-0.2, -0.15) is 0 Å². The van der Waals surface area contributed by atoms with Gasteiger partial charge in [-0.3, -0.25) is 0 Å². The molecule has 15 heavy (non-hydrogen) atoms. The second-order valence-corrected chi connectivity index (χ2v) is 3.32. The van der Waals surface area contributed by atoms with E-state index >= 15 is 0 Å². The topological polar surface area (TPSA) is 40.6 Å². The average molecular weight is 248 g/mol. The number of hydrogen-bond donors (Lipinski definition) is 0. The van der Waals surface area contributed by atoms with Crippen LogP contribution in [0.1, 0.15) is 0 Å².